The van der Waals surface area contributed by atoms with Gasteiger partial charge in [0.1, 0.15) is 0 Å². The third-order valence-corrected chi connectivity index (χ3v) is 2.89. The molecule has 10 nitrogen and oxygen atoms in total. The molecule has 0 atom stereocenters. The van der Waals surface area contributed by atoms with Crippen molar-refractivity contribution in [2.45, 2.75) is 12.8 Å². The van der Waals surface area contributed by atoms with E-state index in [1.54, 1.807) is 48.5 Å². The van der Waals surface area contributed by atoms with Crippen LogP contribution >= 0.6 is 0 Å². The fraction of sp³-hybridized carbons (Fsp3) is 0.111. The number of carbonyl (C=O) groups is 4. The van der Waals surface area contributed by atoms with Gasteiger partial charge in [-0.15, -0.1) is 0 Å². The average Bonchev–Trinajstić information content (AvgIpc) is 2.73. The second-order valence-corrected chi connectivity index (χ2v) is 4.97. The number of amides is 2. The number of hydrogen-bond donors (Lipinski definition) is 6. The molecule has 2 aromatic rings. The zero-order valence-corrected chi connectivity index (χ0v) is 14.9. The first kappa shape index (κ1) is 24.2. The number of hydrogen-bond acceptors (Lipinski definition) is 6. The van der Waals surface area contributed by atoms with Crippen molar-refractivity contribution in [3.8, 4) is 0 Å². The van der Waals surface area contributed by atoms with E-state index < -0.39 is 11.9 Å². The van der Waals surface area contributed by atoms with Crippen molar-refractivity contribution < 1.29 is 29.4 Å². The van der Waals surface area contributed by atoms with Crippen LogP contribution in [0.25, 0.3) is 0 Å². The molecule has 0 unspecified atom stereocenters. The number of nitrogen functional groups attached to an aromatic ring is 2. The van der Waals surface area contributed by atoms with Crippen LogP contribution in [0.4, 0.5) is 0 Å². The molecule has 28 heavy (non-hydrogen) atoms. The number of carbonyl (C=O) groups excluding carboxylic acids is 2. The number of carboxylic acids is 2. The van der Waals surface area contributed by atoms with Gasteiger partial charge in [0.25, 0.3) is 11.8 Å². The van der Waals surface area contributed by atoms with Crippen LogP contribution in [0.2, 0.25) is 0 Å². The fourth-order valence-electron chi connectivity index (χ4n) is 1.56. The minimum atomic E-state index is -1.08. The topological polar surface area (TPSA) is 185 Å². The molecule has 0 aliphatic heterocycles. The Morgan fingerprint density at radius 1 is 0.643 bits per heavy atom. The van der Waals surface area contributed by atoms with Gasteiger partial charge in [-0.2, -0.15) is 0 Å². The Labute approximate surface area is 161 Å². The van der Waals surface area contributed by atoms with E-state index in [2.05, 4.69) is 0 Å². The summed E-state index contributed by atoms with van der Waals surface area (Å²) in [7, 11) is 0. The molecule has 0 aromatic heterocycles. The molecule has 2 aromatic carbocycles. The van der Waals surface area contributed by atoms with Crippen LogP contribution in [0.15, 0.2) is 60.7 Å². The largest absolute Gasteiger partial charge is 0.481 e. The number of hydrazine groups is 2. The summed E-state index contributed by atoms with van der Waals surface area (Å²) in [6.45, 7) is 0. The highest BCUT2D eigenvalue weighted by Gasteiger charge is 2.00. The highest BCUT2D eigenvalue weighted by Crippen LogP contribution is 1.96. The Bertz CT molecular complexity index is 688. The van der Waals surface area contributed by atoms with E-state index in [0.717, 1.165) is 0 Å². The van der Waals surface area contributed by atoms with E-state index in [0.29, 0.717) is 11.1 Å². The highest BCUT2D eigenvalue weighted by atomic mass is 16.4. The Hall–Kier alpha value is -3.76. The third-order valence-electron chi connectivity index (χ3n) is 2.89. The first-order chi connectivity index (χ1) is 13.3. The average molecular weight is 390 g/mol. The molecule has 10 heteroatoms. The molecule has 2 amide bonds. The van der Waals surface area contributed by atoms with Gasteiger partial charge in [0.15, 0.2) is 0 Å². The Morgan fingerprint density at radius 3 is 1.14 bits per heavy atom. The van der Waals surface area contributed by atoms with Crippen LogP contribution in [0, 0.1) is 0 Å². The second-order valence-electron chi connectivity index (χ2n) is 4.97. The molecule has 0 saturated heterocycles. The molecular weight excluding hydrogens is 368 g/mol. The summed E-state index contributed by atoms with van der Waals surface area (Å²) in [4.78, 5) is 40.8. The second kappa shape index (κ2) is 14.4. The maximum Gasteiger partial charge on any atom is 0.303 e. The van der Waals surface area contributed by atoms with Gasteiger partial charge >= 0.3 is 11.9 Å². The zero-order chi connectivity index (χ0) is 21.4. The molecule has 0 fully saturated rings. The van der Waals surface area contributed by atoms with Gasteiger partial charge in [-0.3, -0.25) is 30.0 Å². The molecule has 150 valence electrons. The predicted octanol–water partition coefficient (Wildman–Crippen LogP) is 0.516. The lowest BCUT2D eigenvalue weighted by molar-refractivity contribution is -0.143. The third kappa shape index (κ3) is 11.7. The number of nitrogens with one attached hydrogen (secondary N) is 2. The molecule has 0 spiro atoms. The summed E-state index contributed by atoms with van der Waals surface area (Å²) in [5, 5.41) is 15.8. The molecular formula is C18H22N4O6. The van der Waals surface area contributed by atoms with Crippen molar-refractivity contribution in [3.05, 3.63) is 71.8 Å². The summed E-state index contributed by atoms with van der Waals surface area (Å²) in [6.07, 6.45) is -0.593. The molecule has 0 aliphatic carbocycles. The van der Waals surface area contributed by atoms with Crippen molar-refractivity contribution in [2.75, 3.05) is 0 Å². The summed E-state index contributed by atoms with van der Waals surface area (Å²) in [5.74, 6) is 7.13. The summed E-state index contributed by atoms with van der Waals surface area (Å²) in [6, 6.07) is 17.6. The van der Waals surface area contributed by atoms with E-state index in [-0.39, 0.29) is 24.7 Å². The normalized spacial score (nSPS) is 8.79. The van der Waals surface area contributed by atoms with E-state index in [4.69, 9.17) is 21.9 Å². The number of benzene rings is 2. The SMILES string of the molecule is NNC(=O)c1ccccc1.NNC(=O)c1ccccc1.O=C(O)CCC(=O)O. The first-order valence-corrected chi connectivity index (χ1v) is 7.87. The smallest absolute Gasteiger partial charge is 0.303 e. The van der Waals surface area contributed by atoms with Crippen molar-refractivity contribution >= 4 is 23.8 Å². The van der Waals surface area contributed by atoms with Crippen LogP contribution in [0.3, 0.4) is 0 Å². The van der Waals surface area contributed by atoms with Crippen LogP contribution in [-0.4, -0.2) is 34.0 Å². The van der Waals surface area contributed by atoms with E-state index in [9.17, 15) is 19.2 Å². The molecule has 0 saturated carbocycles. The lowest BCUT2D eigenvalue weighted by Crippen LogP contribution is -2.29. The molecule has 8 N–H and O–H groups in total. The van der Waals surface area contributed by atoms with Crippen LogP contribution in [0.1, 0.15) is 33.6 Å². The number of carboxylic acid groups (broad SMARTS) is 2. The van der Waals surface area contributed by atoms with E-state index >= 15 is 0 Å². The quantitative estimate of drug-likeness (QED) is 0.242. The van der Waals surface area contributed by atoms with Crippen molar-refractivity contribution in [1.29, 1.82) is 0 Å². The van der Waals surface area contributed by atoms with Gasteiger partial charge in [0.05, 0.1) is 12.8 Å². The van der Waals surface area contributed by atoms with Gasteiger partial charge in [-0.25, -0.2) is 11.7 Å². The minimum Gasteiger partial charge on any atom is -0.481 e. The van der Waals surface area contributed by atoms with Crippen molar-refractivity contribution in [3.63, 3.8) is 0 Å². The van der Waals surface area contributed by atoms with Gasteiger partial charge in [0.2, 0.25) is 0 Å². The number of nitrogens with two attached hydrogens (primary N) is 2. The van der Waals surface area contributed by atoms with E-state index in [1.807, 2.05) is 23.0 Å². The lowest BCUT2D eigenvalue weighted by atomic mass is 10.2. The van der Waals surface area contributed by atoms with Gasteiger partial charge < -0.3 is 10.2 Å². The van der Waals surface area contributed by atoms with Gasteiger partial charge in [-0.1, -0.05) is 36.4 Å². The molecule has 0 radical (unpaired) electrons. The molecule has 0 bridgehead atoms. The van der Waals surface area contributed by atoms with Crippen molar-refractivity contribution in [1.82, 2.24) is 10.9 Å². The monoisotopic (exact) mass is 390 g/mol. The predicted molar refractivity (Wildman–Crippen MR) is 101 cm³/mol. The van der Waals surface area contributed by atoms with Crippen LogP contribution < -0.4 is 22.5 Å². The molecule has 2 rings (SSSR count). The maximum absolute atomic E-state index is 10.8. The summed E-state index contributed by atoms with van der Waals surface area (Å²) >= 11 is 0. The molecule has 0 aliphatic rings. The van der Waals surface area contributed by atoms with Gasteiger partial charge in [0, 0.05) is 11.1 Å². The Kier molecular flexibility index (Phi) is 12.5. The molecule has 0 heterocycles. The maximum atomic E-state index is 10.8. The number of aliphatic carboxylic acids is 2. The minimum absolute atomic E-state index is 0.263. The van der Waals surface area contributed by atoms with Crippen LogP contribution in [0.5, 0.6) is 0 Å². The van der Waals surface area contributed by atoms with Crippen LogP contribution in [-0.2, 0) is 9.59 Å². The standard InChI is InChI=1S/2C7H8N2O.C4H6O4/c2*8-9-7(10)6-4-2-1-3-5-6;5-3(6)1-2-4(7)8/h2*1-5H,8H2,(H,9,10);1-2H2,(H,5,6)(H,7,8). The number of rotatable bonds is 5. The summed E-state index contributed by atoms with van der Waals surface area (Å²) in [5.41, 5.74) is 5.23. The zero-order valence-electron chi connectivity index (χ0n) is 14.9. The lowest BCUT2D eigenvalue weighted by Gasteiger charge is -1.95. The Morgan fingerprint density at radius 2 is 0.929 bits per heavy atom. The first-order valence-electron chi connectivity index (χ1n) is 7.87. The Balaban J connectivity index is 0.000000394. The van der Waals surface area contributed by atoms with Gasteiger partial charge in [-0.05, 0) is 24.3 Å². The van der Waals surface area contributed by atoms with Crippen molar-refractivity contribution in [2.24, 2.45) is 11.7 Å². The summed E-state index contributed by atoms with van der Waals surface area (Å²) < 4.78 is 0. The fourth-order valence-corrected chi connectivity index (χ4v) is 1.56. The highest BCUT2D eigenvalue weighted by molar-refractivity contribution is 5.94. The van der Waals surface area contributed by atoms with E-state index in [1.165, 1.54) is 0 Å².